The van der Waals surface area contributed by atoms with Crippen LogP contribution in [0, 0.1) is 0 Å². The van der Waals surface area contributed by atoms with Crippen LogP contribution in [0.4, 0.5) is 0 Å². The van der Waals surface area contributed by atoms with Crippen molar-refractivity contribution in [2.24, 2.45) is 0 Å². The van der Waals surface area contributed by atoms with Gasteiger partial charge in [-0.15, -0.1) is 11.3 Å². The highest BCUT2D eigenvalue weighted by Crippen LogP contribution is 2.24. The summed E-state index contributed by atoms with van der Waals surface area (Å²) in [6, 6.07) is 7.87. The summed E-state index contributed by atoms with van der Waals surface area (Å²) in [6.07, 6.45) is 1.87. The minimum atomic E-state index is 0.0366. The van der Waals surface area contributed by atoms with Gasteiger partial charge in [-0.2, -0.15) is 0 Å². The van der Waals surface area contributed by atoms with Crippen molar-refractivity contribution in [1.82, 2.24) is 14.8 Å². The molecule has 3 rings (SSSR count). The molecule has 2 heterocycles. The smallest absolute Gasteiger partial charge is 0.253 e. The molecule has 1 saturated heterocycles. The highest BCUT2D eigenvalue weighted by atomic mass is 32.1. The average molecular weight is 331 g/mol. The van der Waals surface area contributed by atoms with Crippen LogP contribution in [-0.4, -0.2) is 54.5 Å². The van der Waals surface area contributed by atoms with E-state index in [0.717, 1.165) is 35.8 Å². The lowest BCUT2D eigenvalue weighted by molar-refractivity contribution is -0.0330. The Morgan fingerprint density at radius 1 is 1.48 bits per heavy atom. The van der Waals surface area contributed by atoms with Crippen LogP contribution in [0.2, 0.25) is 0 Å². The number of amides is 1. The lowest BCUT2D eigenvalue weighted by atomic mass is 10.1. The van der Waals surface area contributed by atoms with Gasteiger partial charge in [-0.05, 0) is 17.7 Å². The number of benzene rings is 1. The third-order valence-electron chi connectivity index (χ3n) is 3.86. The number of nitrogens with zero attached hydrogens (tertiary/aromatic N) is 3. The van der Waals surface area contributed by atoms with Crippen molar-refractivity contribution < 1.29 is 9.53 Å². The highest BCUT2D eigenvalue weighted by Gasteiger charge is 2.23. The number of hydrogen-bond donors (Lipinski definition) is 0. The van der Waals surface area contributed by atoms with Crippen molar-refractivity contribution in [3.63, 3.8) is 0 Å². The maximum absolute atomic E-state index is 12.1. The lowest BCUT2D eigenvalue weighted by Crippen LogP contribution is -2.37. The Morgan fingerprint density at radius 3 is 3.09 bits per heavy atom. The van der Waals surface area contributed by atoms with Crippen LogP contribution >= 0.6 is 11.3 Å². The average Bonchev–Trinajstić information content (AvgIpc) is 3.09. The molecular weight excluding hydrogens is 310 g/mol. The van der Waals surface area contributed by atoms with Crippen molar-refractivity contribution >= 4 is 17.2 Å². The van der Waals surface area contributed by atoms with Crippen molar-refractivity contribution in [3.8, 4) is 0 Å². The van der Waals surface area contributed by atoms with E-state index in [1.165, 1.54) is 0 Å². The first-order valence-corrected chi connectivity index (χ1v) is 8.55. The molecule has 1 aromatic carbocycles. The largest absolute Gasteiger partial charge is 0.368 e. The summed E-state index contributed by atoms with van der Waals surface area (Å²) in [5, 5.41) is 3.01. The zero-order valence-corrected chi connectivity index (χ0v) is 14.3. The first-order chi connectivity index (χ1) is 11.1. The Labute approximate surface area is 140 Å². The summed E-state index contributed by atoms with van der Waals surface area (Å²) in [4.78, 5) is 20.4. The number of morpholine rings is 1. The van der Waals surface area contributed by atoms with Crippen LogP contribution in [0.15, 0.2) is 35.8 Å². The van der Waals surface area contributed by atoms with Crippen LogP contribution in [0.5, 0.6) is 0 Å². The number of thiazole rings is 1. The Hall–Kier alpha value is -1.76. The fourth-order valence-corrected chi connectivity index (χ4v) is 3.39. The first-order valence-electron chi connectivity index (χ1n) is 7.67. The first kappa shape index (κ1) is 16.1. The summed E-state index contributed by atoms with van der Waals surface area (Å²) < 4.78 is 5.83. The summed E-state index contributed by atoms with van der Waals surface area (Å²) >= 11 is 1.63. The normalized spacial score (nSPS) is 18.8. The van der Waals surface area contributed by atoms with Gasteiger partial charge in [0.05, 0.1) is 6.61 Å². The van der Waals surface area contributed by atoms with Crippen LogP contribution < -0.4 is 0 Å². The van der Waals surface area contributed by atoms with E-state index in [4.69, 9.17) is 4.74 Å². The molecule has 1 aliphatic heterocycles. The molecule has 2 aromatic rings. The van der Waals surface area contributed by atoms with E-state index in [2.05, 4.69) is 16.0 Å². The zero-order chi connectivity index (χ0) is 16.2. The zero-order valence-electron chi connectivity index (χ0n) is 13.4. The fraction of sp³-hybridized carbons (Fsp3) is 0.412. The van der Waals surface area contributed by atoms with Crippen LogP contribution in [-0.2, 0) is 11.3 Å². The van der Waals surface area contributed by atoms with Gasteiger partial charge in [0.25, 0.3) is 5.91 Å². The van der Waals surface area contributed by atoms with Gasteiger partial charge < -0.3 is 9.64 Å². The Balaban J connectivity index is 1.67. The van der Waals surface area contributed by atoms with E-state index in [-0.39, 0.29) is 12.0 Å². The molecule has 1 amide bonds. The Morgan fingerprint density at radius 2 is 2.35 bits per heavy atom. The molecular formula is C17H21N3O2S. The van der Waals surface area contributed by atoms with Crippen molar-refractivity contribution in [2.75, 3.05) is 33.8 Å². The summed E-state index contributed by atoms with van der Waals surface area (Å²) in [7, 11) is 3.55. The molecule has 1 atom stereocenters. The summed E-state index contributed by atoms with van der Waals surface area (Å²) in [5.74, 6) is 0.0366. The number of carbonyl (C=O) groups is 1. The molecule has 0 spiro atoms. The second-order valence-electron chi connectivity index (χ2n) is 5.86. The van der Waals surface area contributed by atoms with E-state index in [0.29, 0.717) is 6.61 Å². The van der Waals surface area contributed by atoms with Crippen LogP contribution in [0.1, 0.15) is 27.0 Å². The number of carbonyl (C=O) groups excluding carboxylic acids is 1. The monoisotopic (exact) mass is 331 g/mol. The number of rotatable bonds is 4. The van der Waals surface area contributed by atoms with Crippen LogP contribution in [0.3, 0.4) is 0 Å². The van der Waals surface area contributed by atoms with Crippen molar-refractivity contribution in [3.05, 3.63) is 52.0 Å². The van der Waals surface area contributed by atoms with Gasteiger partial charge in [0.15, 0.2) is 0 Å². The second kappa shape index (κ2) is 7.21. The number of aromatic nitrogens is 1. The van der Waals surface area contributed by atoms with Gasteiger partial charge in [0, 0.05) is 50.9 Å². The molecule has 0 radical (unpaired) electrons. The SMILES string of the molecule is CN(C)C(=O)c1cccc(CN2CCOC(c3nccs3)C2)c1. The predicted molar refractivity (Wildman–Crippen MR) is 90.5 cm³/mol. The molecule has 0 N–H and O–H groups in total. The quantitative estimate of drug-likeness (QED) is 0.863. The molecule has 0 aliphatic carbocycles. The number of ether oxygens (including phenoxy) is 1. The molecule has 1 aliphatic rings. The van der Waals surface area contributed by atoms with E-state index >= 15 is 0 Å². The van der Waals surface area contributed by atoms with Crippen molar-refractivity contribution in [2.45, 2.75) is 12.6 Å². The van der Waals surface area contributed by atoms with E-state index in [1.807, 2.05) is 29.8 Å². The molecule has 122 valence electrons. The van der Waals surface area contributed by atoms with Gasteiger partial charge in [0.2, 0.25) is 0 Å². The van der Waals surface area contributed by atoms with Gasteiger partial charge in [-0.25, -0.2) is 4.98 Å². The summed E-state index contributed by atoms with van der Waals surface area (Å²) in [5.41, 5.74) is 1.88. The van der Waals surface area contributed by atoms with Crippen LogP contribution in [0.25, 0.3) is 0 Å². The molecule has 6 heteroatoms. The molecule has 0 saturated carbocycles. The Bertz CT molecular complexity index is 658. The maximum Gasteiger partial charge on any atom is 0.253 e. The van der Waals surface area contributed by atoms with Gasteiger partial charge in [-0.3, -0.25) is 9.69 Å². The van der Waals surface area contributed by atoms with Gasteiger partial charge in [0.1, 0.15) is 11.1 Å². The van der Waals surface area contributed by atoms with Crippen molar-refractivity contribution in [1.29, 1.82) is 0 Å². The van der Waals surface area contributed by atoms with Gasteiger partial charge >= 0.3 is 0 Å². The molecule has 0 bridgehead atoms. The highest BCUT2D eigenvalue weighted by molar-refractivity contribution is 7.09. The summed E-state index contributed by atoms with van der Waals surface area (Å²) in [6.45, 7) is 3.26. The molecule has 1 fully saturated rings. The Kier molecular flexibility index (Phi) is 5.05. The topological polar surface area (TPSA) is 45.7 Å². The molecule has 1 unspecified atom stereocenters. The number of hydrogen-bond acceptors (Lipinski definition) is 5. The minimum Gasteiger partial charge on any atom is -0.368 e. The third kappa shape index (κ3) is 3.96. The van der Waals surface area contributed by atoms with E-state index in [1.54, 1.807) is 30.3 Å². The molecule has 5 nitrogen and oxygen atoms in total. The molecule has 1 aromatic heterocycles. The third-order valence-corrected chi connectivity index (χ3v) is 4.73. The predicted octanol–water partition coefficient (Wildman–Crippen LogP) is 2.42. The van der Waals surface area contributed by atoms with E-state index in [9.17, 15) is 4.79 Å². The fourth-order valence-electron chi connectivity index (χ4n) is 2.71. The molecule has 23 heavy (non-hydrogen) atoms. The maximum atomic E-state index is 12.1. The van der Waals surface area contributed by atoms with Gasteiger partial charge in [-0.1, -0.05) is 12.1 Å². The lowest BCUT2D eigenvalue weighted by Gasteiger charge is -2.32. The minimum absolute atomic E-state index is 0.0366. The van der Waals surface area contributed by atoms with E-state index < -0.39 is 0 Å². The second-order valence-corrected chi connectivity index (χ2v) is 6.79. The standard InChI is InChI=1S/C17H21N3O2S/c1-19(2)17(21)14-5-3-4-13(10-14)11-20-7-8-22-15(12-20)16-18-6-9-23-16/h3-6,9-10,15H,7-8,11-12H2,1-2H3.